The van der Waals surface area contributed by atoms with Gasteiger partial charge < -0.3 is 9.30 Å². The molecule has 7 nitrogen and oxygen atoms in total. The number of nitriles is 1. The quantitative estimate of drug-likeness (QED) is 0.514. The molecule has 2 heterocycles. The van der Waals surface area contributed by atoms with E-state index < -0.39 is 9.84 Å². The van der Waals surface area contributed by atoms with Crippen LogP contribution in [0.4, 0.5) is 0 Å². The first-order valence-corrected chi connectivity index (χ1v) is 12.5. The number of aryl methyl sites for hydroxylation is 1. The molecule has 0 unspecified atom stereocenters. The van der Waals surface area contributed by atoms with Crippen molar-refractivity contribution >= 4 is 33.3 Å². The molecule has 1 fully saturated rings. The third-order valence-corrected chi connectivity index (χ3v) is 7.07. The monoisotopic (exact) mass is 474 g/mol. The minimum absolute atomic E-state index is 0. The molecule has 4 rings (SSSR count). The van der Waals surface area contributed by atoms with Crippen LogP contribution in [0.2, 0.25) is 0 Å². The zero-order chi connectivity index (χ0) is 22.0. The lowest BCUT2D eigenvalue weighted by Gasteiger charge is -2.21. The van der Waals surface area contributed by atoms with Crippen molar-refractivity contribution in [2.45, 2.75) is 43.4 Å². The molecule has 1 aliphatic carbocycles. The molecular formula is C23H27ClN4O3S. The summed E-state index contributed by atoms with van der Waals surface area (Å²) in [5.41, 5.74) is 1.76. The zero-order valence-electron chi connectivity index (χ0n) is 18.2. The lowest BCUT2D eigenvalue weighted by Crippen LogP contribution is -2.12. The Morgan fingerprint density at radius 1 is 1.19 bits per heavy atom. The number of aromatic nitrogens is 3. The standard InChI is InChI=1S/C23H26N4O3S.ClH/c1-27-12-10-18-22(25-21(15-24)26-23(18)27)17-8-9-19(20(14-17)31(2,28)29)30-13-11-16-6-4-3-5-7-16;/h8-10,12,14,16H,3-7,11,13H2,1-2H3;1H. The molecule has 1 aliphatic rings. The van der Waals surface area contributed by atoms with Crippen LogP contribution < -0.4 is 4.74 Å². The van der Waals surface area contributed by atoms with Gasteiger partial charge in [0.1, 0.15) is 22.4 Å². The van der Waals surface area contributed by atoms with Gasteiger partial charge in [0.15, 0.2) is 9.84 Å². The minimum Gasteiger partial charge on any atom is -0.492 e. The van der Waals surface area contributed by atoms with Gasteiger partial charge in [-0.25, -0.2) is 18.4 Å². The van der Waals surface area contributed by atoms with E-state index in [9.17, 15) is 13.7 Å². The molecule has 0 aliphatic heterocycles. The van der Waals surface area contributed by atoms with E-state index in [1.165, 1.54) is 38.4 Å². The zero-order valence-corrected chi connectivity index (χ0v) is 19.9. The van der Waals surface area contributed by atoms with E-state index >= 15 is 0 Å². The predicted octanol–water partition coefficient (Wildman–Crippen LogP) is 4.68. The molecular weight excluding hydrogens is 448 g/mol. The molecule has 1 saturated carbocycles. The Kier molecular flexibility index (Phi) is 7.42. The molecule has 0 saturated heterocycles. The van der Waals surface area contributed by atoms with E-state index in [4.69, 9.17) is 4.74 Å². The summed E-state index contributed by atoms with van der Waals surface area (Å²) in [6.45, 7) is 0.502. The van der Waals surface area contributed by atoms with Crippen molar-refractivity contribution in [2.24, 2.45) is 13.0 Å². The molecule has 0 N–H and O–H groups in total. The molecule has 32 heavy (non-hydrogen) atoms. The Morgan fingerprint density at radius 3 is 2.62 bits per heavy atom. The van der Waals surface area contributed by atoms with E-state index in [0.717, 1.165) is 11.8 Å². The second-order valence-electron chi connectivity index (χ2n) is 8.25. The van der Waals surface area contributed by atoms with Crippen LogP contribution in [0.25, 0.3) is 22.3 Å². The van der Waals surface area contributed by atoms with E-state index in [1.54, 1.807) is 18.2 Å². The van der Waals surface area contributed by atoms with Crippen molar-refractivity contribution in [1.29, 1.82) is 5.26 Å². The summed E-state index contributed by atoms with van der Waals surface area (Å²) in [4.78, 5) is 8.75. The molecule has 0 spiro atoms. The van der Waals surface area contributed by atoms with Gasteiger partial charge in [-0.3, -0.25) is 0 Å². The fourth-order valence-corrected chi connectivity index (χ4v) is 5.12. The first-order valence-electron chi connectivity index (χ1n) is 10.6. The largest absolute Gasteiger partial charge is 0.492 e. The molecule has 9 heteroatoms. The molecule has 0 bridgehead atoms. The SMILES string of the molecule is Cl.Cn1ccc2c(-c3ccc(OCCC4CCCCC4)c(S(C)(=O)=O)c3)nc(C#N)nc21. The Hall–Kier alpha value is -2.63. The summed E-state index contributed by atoms with van der Waals surface area (Å²) >= 11 is 0. The Morgan fingerprint density at radius 2 is 1.94 bits per heavy atom. The van der Waals surface area contributed by atoms with Gasteiger partial charge >= 0.3 is 0 Å². The first kappa shape index (κ1) is 24.0. The van der Waals surface area contributed by atoms with Gasteiger partial charge in [0, 0.05) is 30.4 Å². The fourth-order valence-electron chi connectivity index (χ4n) is 4.28. The minimum atomic E-state index is -3.52. The van der Waals surface area contributed by atoms with Crippen LogP contribution in [-0.4, -0.2) is 35.8 Å². The van der Waals surface area contributed by atoms with E-state index in [-0.39, 0.29) is 23.1 Å². The third-order valence-electron chi connectivity index (χ3n) is 5.95. The molecule has 0 atom stereocenters. The van der Waals surface area contributed by atoms with Gasteiger partial charge in [0.25, 0.3) is 0 Å². The summed E-state index contributed by atoms with van der Waals surface area (Å²) in [6.07, 6.45) is 10.3. The van der Waals surface area contributed by atoms with Crippen molar-refractivity contribution in [3.63, 3.8) is 0 Å². The molecule has 0 amide bonds. The van der Waals surface area contributed by atoms with Crippen molar-refractivity contribution in [2.75, 3.05) is 12.9 Å². The number of rotatable bonds is 6. The number of ether oxygens (including phenoxy) is 1. The van der Waals surface area contributed by atoms with E-state index in [0.29, 0.717) is 35.2 Å². The smallest absolute Gasteiger partial charge is 0.234 e. The summed E-state index contributed by atoms with van der Waals surface area (Å²) in [5.74, 6) is 1.06. The van der Waals surface area contributed by atoms with Gasteiger partial charge in [-0.2, -0.15) is 5.26 Å². The van der Waals surface area contributed by atoms with Crippen LogP contribution in [0.15, 0.2) is 35.4 Å². The highest BCUT2D eigenvalue weighted by molar-refractivity contribution is 7.90. The van der Waals surface area contributed by atoms with Crippen molar-refractivity contribution in [1.82, 2.24) is 14.5 Å². The summed E-state index contributed by atoms with van der Waals surface area (Å²) in [5, 5.41) is 10.1. The van der Waals surface area contributed by atoms with Crippen molar-refractivity contribution in [3.05, 3.63) is 36.3 Å². The third kappa shape index (κ3) is 5.05. The van der Waals surface area contributed by atoms with Crippen LogP contribution in [0.5, 0.6) is 5.75 Å². The average Bonchev–Trinajstić information content (AvgIpc) is 3.14. The van der Waals surface area contributed by atoms with E-state index in [1.807, 2.05) is 29.9 Å². The molecule has 3 aromatic rings. The van der Waals surface area contributed by atoms with Crippen LogP contribution >= 0.6 is 12.4 Å². The van der Waals surface area contributed by atoms with Crippen LogP contribution in [-0.2, 0) is 16.9 Å². The molecule has 1 aromatic carbocycles. The van der Waals surface area contributed by atoms with Crippen LogP contribution in [0.1, 0.15) is 44.3 Å². The topological polar surface area (TPSA) is 97.9 Å². The first-order chi connectivity index (χ1) is 14.9. The number of hydrogen-bond donors (Lipinski definition) is 0. The summed E-state index contributed by atoms with van der Waals surface area (Å²) in [7, 11) is -1.68. The molecule has 0 radical (unpaired) electrons. The second kappa shape index (κ2) is 9.88. The summed E-state index contributed by atoms with van der Waals surface area (Å²) in [6, 6.07) is 8.91. The maximum Gasteiger partial charge on any atom is 0.234 e. The normalized spacial score (nSPS) is 14.7. The number of halogens is 1. The number of benzene rings is 1. The number of fused-ring (bicyclic) bond motifs is 1. The average molecular weight is 475 g/mol. The molecule has 170 valence electrons. The van der Waals surface area contributed by atoms with Gasteiger partial charge in [-0.15, -0.1) is 12.4 Å². The van der Waals surface area contributed by atoms with Gasteiger partial charge in [-0.1, -0.05) is 32.1 Å². The van der Waals surface area contributed by atoms with Crippen LogP contribution in [0, 0.1) is 17.2 Å². The van der Waals surface area contributed by atoms with Gasteiger partial charge in [0.2, 0.25) is 5.82 Å². The Labute approximate surface area is 194 Å². The Balaban J connectivity index is 0.00000289. The fraction of sp³-hybridized carbons (Fsp3) is 0.435. The lowest BCUT2D eigenvalue weighted by molar-refractivity contribution is 0.242. The highest BCUT2D eigenvalue weighted by atomic mass is 35.5. The number of sulfone groups is 1. The van der Waals surface area contributed by atoms with Gasteiger partial charge in [0.05, 0.1) is 12.3 Å². The predicted molar refractivity (Wildman–Crippen MR) is 126 cm³/mol. The highest BCUT2D eigenvalue weighted by Gasteiger charge is 2.20. The van der Waals surface area contributed by atoms with Crippen molar-refractivity contribution < 1.29 is 13.2 Å². The molecule has 2 aromatic heterocycles. The van der Waals surface area contributed by atoms with E-state index in [2.05, 4.69) is 9.97 Å². The van der Waals surface area contributed by atoms with Crippen LogP contribution in [0.3, 0.4) is 0 Å². The Bertz CT molecular complexity index is 1260. The highest BCUT2D eigenvalue weighted by Crippen LogP contribution is 2.33. The number of nitrogens with zero attached hydrogens (tertiary/aromatic N) is 4. The second-order valence-corrected chi connectivity index (χ2v) is 10.2. The maximum absolute atomic E-state index is 12.5. The van der Waals surface area contributed by atoms with Crippen molar-refractivity contribution in [3.8, 4) is 23.1 Å². The van der Waals surface area contributed by atoms with Gasteiger partial charge in [-0.05, 0) is 36.6 Å². The summed E-state index contributed by atoms with van der Waals surface area (Å²) < 4.78 is 32.8. The maximum atomic E-state index is 12.5. The lowest BCUT2D eigenvalue weighted by atomic mass is 9.87. The number of hydrogen-bond acceptors (Lipinski definition) is 6.